The maximum Gasteiger partial charge on any atom is 0.246 e. The average Bonchev–Trinajstić information content (AvgIpc) is 2.90. The molecule has 0 amide bonds. The largest absolute Gasteiger partial charge is 0.356 e. The van der Waals surface area contributed by atoms with Crippen LogP contribution in [0, 0.1) is 12.7 Å². The maximum atomic E-state index is 13.5. The first-order valence-corrected chi connectivity index (χ1v) is 6.66. The van der Waals surface area contributed by atoms with Gasteiger partial charge in [-0.15, -0.1) is 24.0 Å². The van der Waals surface area contributed by atoms with Gasteiger partial charge in [0.05, 0.1) is 6.54 Å². The fourth-order valence-electron chi connectivity index (χ4n) is 1.81. The molecule has 0 aliphatic rings. The first kappa shape index (κ1) is 18.3. The molecule has 0 saturated heterocycles. The van der Waals surface area contributed by atoms with Crippen molar-refractivity contribution < 1.29 is 8.91 Å². The number of aliphatic imine (C=N–C) groups is 1. The van der Waals surface area contributed by atoms with E-state index in [0.717, 1.165) is 0 Å². The molecule has 120 valence electrons. The summed E-state index contributed by atoms with van der Waals surface area (Å²) >= 11 is 0. The Kier molecular flexibility index (Phi) is 7.78. The van der Waals surface area contributed by atoms with Gasteiger partial charge in [-0.25, -0.2) is 4.39 Å². The minimum atomic E-state index is -0.191. The molecule has 0 radical (unpaired) electrons. The van der Waals surface area contributed by atoms with E-state index in [-0.39, 0.29) is 29.8 Å². The van der Waals surface area contributed by atoms with Crippen molar-refractivity contribution in [3.63, 3.8) is 0 Å². The number of aryl methyl sites for hydroxylation is 1. The number of aromatic nitrogens is 2. The summed E-state index contributed by atoms with van der Waals surface area (Å²) in [4.78, 5) is 8.16. The summed E-state index contributed by atoms with van der Waals surface area (Å²) in [7, 11) is 1.66. The van der Waals surface area contributed by atoms with Crippen molar-refractivity contribution in [2.75, 3.05) is 13.6 Å². The van der Waals surface area contributed by atoms with Crippen LogP contribution in [0.4, 0.5) is 4.39 Å². The zero-order chi connectivity index (χ0) is 15.1. The van der Waals surface area contributed by atoms with Gasteiger partial charge in [-0.1, -0.05) is 23.4 Å². The van der Waals surface area contributed by atoms with Crippen LogP contribution in [0.15, 0.2) is 33.8 Å². The maximum absolute atomic E-state index is 13.5. The van der Waals surface area contributed by atoms with Gasteiger partial charge in [0.15, 0.2) is 11.8 Å². The second-order valence-electron chi connectivity index (χ2n) is 4.43. The van der Waals surface area contributed by atoms with Crippen molar-refractivity contribution in [1.29, 1.82) is 0 Å². The van der Waals surface area contributed by atoms with Crippen LogP contribution in [0.2, 0.25) is 0 Å². The van der Waals surface area contributed by atoms with Gasteiger partial charge in [0.25, 0.3) is 0 Å². The smallest absolute Gasteiger partial charge is 0.246 e. The molecule has 0 saturated carbocycles. The molecule has 2 aromatic rings. The van der Waals surface area contributed by atoms with E-state index in [9.17, 15) is 4.39 Å². The SMILES string of the molecule is CN=C(NCCc1ccccc1F)NCc1nc(C)no1.I. The Morgan fingerprint density at radius 2 is 2.09 bits per heavy atom. The Balaban J connectivity index is 0.00000242. The number of nitrogens with one attached hydrogen (secondary N) is 2. The molecule has 6 nitrogen and oxygen atoms in total. The summed E-state index contributed by atoms with van der Waals surface area (Å²) < 4.78 is 18.5. The lowest BCUT2D eigenvalue weighted by molar-refractivity contribution is 0.371. The van der Waals surface area contributed by atoms with E-state index in [1.807, 2.05) is 6.07 Å². The minimum Gasteiger partial charge on any atom is -0.356 e. The summed E-state index contributed by atoms with van der Waals surface area (Å²) in [5.41, 5.74) is 0.674. The van der Waals surface area contributed by atoms with E-state index < -0.39 is 0 Å². The molecular formula is C14H19FIN5O. The molecule has 22 heavy (non-hydrogen) atoms. The molecule has 1 aromatic carbocycles. The van der Waals surface area contributed by atoms with E-state index in [2.05, 4.69) is 25.8 Å². The van der Waals surface area contributed by atoms with Gasteiger partial charge in [0, 0.05) is 13.6 Å². The fourth-order valence-corrected chi connectivity index (χ4v) is 1.81. The van der Waals surface area contributed by atoms with Gasteiger partial charge in [-0.05, 0) is 25.0 Å². The highest BCUT2D eigenvalue weighted by Gasteiger charge is 2.05. The first-order chi connectivity index (χ1) is 10.2. The van der Waals surface area contributed by atoms with Gasteiger partial charge in [0.1, 0.15) is 5.82 Å². The standard InChI is InChI=1S/C14H18FN5O.HI/c1-10-19-13(21-20-10)9-18-14(16-2)17-8-7-11-5-3-4-6-12(11)15;/h3-6H,7-9H2,1-2H3,(H2,16,17,18);1H. The Morgan fingerprint density at radius 3 is 2.73 bits per heavy atom. The van der Waals surface area contributed by atoms with Crippen molar-refractivity contribution in [3.8, 4) is 0 Å². The van der Waals surface area contributed by atoms with Crippen LogP contribution >= 0.6 is 24.0 Å². The van der Waals surface area contributed by atoms with Crippen LogP contribution < -0.4 is 10.6 Å². The molecule has 8 heteroatoms. The van der Waals surface area contributed by atoms with E-state index in [1.54, 1.807) is 26.1 Å². The lowest BCUT2D eigenvalue weighted by Gasteiger charge is -2.10. The van der Waals surface area contributed by atoms with Crippen molar-refractivity contribution in [2.45, 2.75) is 19.9 Å². The summed E-state index contributed by atoms with van der Waals surface area (Å²) in [5.74, 6) is 1.49. The van der Waals surface area contributed by atoms with Gasteiger partial charge >= 0.3 is 0 Å². The van der Waals surface area contributed by atoms with Gasteiger partial charge in [0.2, 0.25) is 5.89 Å². The molecule has 1 heterocycles. The zero-order valence-electron chi connectivity index (χ0n) is 12.5. The summed E-state index contributed by atoms with van der Waals surface area (Å²) in [6, 6.07) is 6.73. The van der Waals surface area contributed by atoms with Crippen LogP contribution in [0.1, 0.15) is 17.3 Å². The number of hydrogen-bond donors (Lipinski definition) is 2. The number of rotatable bonds is 5. The lowest BCUT2D eigenvalue weighted by atomic mass is 10.1. The summed E-state index contributed by atoms with van der Waals surface area (Å²) in [6.07, 6.45) is 0.576. The van der Waals surface area contributed by atoms with E-state index >= 15 is 0 Å². The first-order valence-electron chi connectivity index (χ1n) is 6.66. The molecule has 0 fully saturated rings. The van der Waals surface area contributed by atoms with Crippen LogP contribution in [-0.4, -0.2) is 29.7 Å². The molecule has 0 spiro atoms. The van der Waals surface area contributed by atoms with Crippen molar-refractivity contribution in [1.82, 2.24) is 20.8 Å². The second-order valence-corrected chi connectivity index (χ2v) is 4.43. The lowest BCUT2D eigenvalue weighted by Crippen LogP contribution is -2.38. The van der Waals surface area contributed by atoms with Crippen LogP contribution in [0.25, 0.3) is 0 Å². The summed E-state index contributed by atoms with van der Waals surface area (Å²) in [5, 5.41) is 9.86. The highest BCUT2D eigenvalue weighted by atomic mass is 127. The average molecular weight is 419 g/mol. The molecule has 0 aliphatic carbocycles. The predicted octanol–water partition coefficient (Wildman–Crippen LogP) is 2.04. The van der Waals surface area contributed by atoms with Gasteiger partial charge in [-0.3, -0.25) is 4.99 Å². The highest BCUT2D eigenvalue weighted by molar-refractivity contribution is 14.0. The molecule has 0 aliphatic heterocycles. The number of guanidine groups is 1. The van der Waals surface area contributed by atoms with Gasteiger partial charge in [-0.2, -0.15) is 4.98 Å². The third kappa shape index (κ3) is 5.58. The number of benzene rings is 1. The highest BCUT2D eigenvalue weighted by Crippen LogP contribution is 2.06. The van der Waals surface area contributed by atoms with Crippen LogP contribution in [0.5, 0.6) is 0 Å². The normalized spacial score (nSPS) is 11.0. The monoisotopic (exact) mass is 419 g/mol. The van der Waals surface area contributed by atoms with Crippen molar-refractivity contribution in [3.05, 3.63) is 47.4 Å². The van der Waals surface area contributed by atoms with Crippen molar-refractivity contribution >= 4 is 29.9 Å². The molecular weight excluding hydrogens is 400 g/mol. The van der Waals surface area contributed by atoms with E-state index in [0.29, 0.717) is 42.7 Å². The quantitative estimate of drug-likeness (QED) is 0.441. The third-order valence-corrected chi connectivity index (χ3v) is 2.84. The van der Waals surface area contributed by atoms with Crippen molar-refractivity contribution in [2.24, 2.45) is 4.99 Å². The number of hydrogen-bond acceptors (Lipinski definition) is 4. The molecule has 0 unspecified atom stereocenters. The number of halogens is 2. The molecule has 2 N–H and O–H groups in total. The van der Waals surface area contributed by atoms with E-state index in [4.69, 9.17) is 4.52 Å². The third-order valence-electron chi connectivity index (χ3n) is 2.84. The fraction of sp³-hybridized carbons (Fsp3) is 0.357. The van der Waals surface area contributed by atoms with E-state index in [1.165, 1.54) is 6.07 Å². The molecule has 1 aromatic heterocycles. The predicted molar refractivity (Wildman–Crippen MR) is 92.8 cm³/mol. The minimum absolute atomic E-state index is 0. The van der Waals surface area contributed by atoms with Crippen LogP contribution in [0.3, 0.4) is 0 Å². The Hall–Kier alpha value is -1.71. The van der Waals surface area contributed by atoms with Gasteiger partial charge < -0.3 is 15.2 Å². The summed E-state index contributed by atoms with van der Waals surface area (Å²) in [6.45, 7) is 2.72. The Labute approximate surface area is 145 Å². The Morgan fingerprint density at radius 1 is 1.32 bits per heavy atom. The molecule has 0 atom stereocenters. The topological polar surface area (TPSA) is 75.3 Å². The second kappa shape index (κ2) is 9.34. The molecule has 0 bridgehead atoms. The number of nitrogens with zero attached hydrogens (tertiary/aromatic N) is 3. The Bertz CT molecular complexity index is 617. The zero-order valence-corrected chi connectivity index (χ0v) is 14.8. The van der Waals surface area contributed by atoms with Crippen LogP contribution in [-0.2, 0) is 13.0 Å². The molecule has 2 rings (SSSR count).